The van der Waals surface area contributed by atoms with E-state index >= 15 is 0 Å². The number of unbranched alkanes of at least 4 members (excludes halogenated alkanes) is 12. The van der Waals surface area contributed by atoms with Crippen molar-refractivity contribution < 1.29 is 89.4 Å². The van der Waals surface area contributed by atoms with Gasteiger partial charge in [-0.1, -0.05) is 235 Å². The molecule has 3 rings (SSSR count). The van der Waals surface area contributed by atoms with Gasteiger partial charge < -0.3 is 89.9 Å². The van der Waals surface area contributed by atoms with Gasteiger partial charge in [-0.2, -0.15) is 0 Å². The van der Waals surface area contributed by atoms with Crippen molar-refractivity contribution in [3.63, 3.8) is 0 Å². The Morgan fingerprint density at radius 3 is 1.13 bits per heavy atom. The van der Waals surface area contributed by atoms with Crippen molar-refractivity contribution in [2.24, 2.45) is 0 Å². The average molecular weight is 1390 g/mol. The van der Waals surface area contributed by atoms with Crippen molar-refractivity contribution in [2.75, 3.05) is 26.4 Å². The predicted octanol–water partition coefficient (Wildman–Crippen LogP) is 11.0. The second kappa shape index (κ2) is 58.6. The third-order valence-electron chi connectivity index (χ3n) is 17.0. The molecule has 560 valence electrons. The first-order valence-electron chi connectivity index (χ1n) is 36.9. The summed E-state index contributed by atoms with van der Waals surface area (Å²) in [5, 5.41) is 120. The van der Waals surface area contributed by atoms with E-state index in [4.69, 9.17) is 28.4 Å². The number of aliphatic hydroxyl groups is 11. The number of hydrogen-bond donors (Lipinski definition) is 12. The molecule has 17 unspecified atom stereocenters. The van der Waals surface area contributed by atoms with Gasteiger partial charge in [0.25, 0.3) is 0 Å². The highest BCUT2D eigenvalue weighted by atomic mass is 16.8. The smallest absolute Gasteiger partial charge is 0.220 e. The Bertz CT molecular complexity index is 2460. The Morgan fingerprint density at radius 2 is 0.707 bits per heavy atom. The SMILES string of the molecule is CC/C=C\C/C=C\C/C=C\C/C=C\C/C=C\C/C=C\C/C=C\C/C=C\C/C=C\C/C=C\C/C=C\C/C=C\CCCCCCC(=O)NC(COC1OC(CO)C(OC2OC(CO)C(OC3OC(CO)C(O)C(O)C3O)C(O)C2O)C(O)C1O)C(O)/C=C/CC/C=C/CCCCCCCCC. The summed E-state index contributed by atoms with van der Waals surface area (Å²) in [5.41, 5.74) is 0. The van der Waals surface area contributed by atoms with Gasteiger partial charge in [0.2, 0.25) is 5.91 Å². The molecule has 0 aromatic carbocycles. The summed E-state index contributed by atoms with van der Waals surface area (Å²) in [6, 6.07) is -1.02. The van der Waals surface area contributed by atoms with Crippen LogP contribution in [0.15, 0.2) is 170 Å². The molecule has 3 fully saturated rings. The van der Waals surface area contributed by atoms with Crippen molar-refractivity contribution in [1.82, 2.24) is 5.32 Å². The van der Waals surface area contributed by atoms with E-state index in [-0.39, 0.29) is 18.9 Å². The summed E-state index contributed by atoms with van der Waals surface area (Å²) in [6.07, 6.45) is 60.6. The summed E-state index contributed by atoms with van der Waals surface area (Å²) < 4.78 is 34.3. The number of hydrogen-bond acceptors (Lipinski definition) is 18. The van der Waals surface area contributed by atoms with Crippen LogP contribution >= 0.6 is 0 Å². The maximum atomic E-state index is 13.4. The Morgan fingerprint density at radius 1 is 0.374 bits per heavy atom. The second-order valence-corrected chi connectivity index (χ2v) is 25.3. The van der Waals surface area contributed by atoms with Crippen molar-refractivity contribution in [2.45, 2.75) is 298 Å². The van der Waals surface area contributed by atoms with Gasteiger partial charge in [-0.3, -0.25) is 4.79 Å². The van der Waals surface area contributed by atoms with E-state index < -0.39 is 124 Å². The first-order valence-corrected chi connectivity index (χ1v) is 36.9. The first kappa shape index (κ1) is 88.4. The van der Waals surface area contributed by atoms with Crippen molar-refractivity contribution in [1.29, 1.82) is 0 Å². The Hall–Kier alpha value is -4.85. The van der Waals surface area contributed by atoms with E-state index in [2.05, 4.69) is 177 Å². The molecule has 3 aliphatic heterocycles. The minimum absolute atomic E-state index is 0.194. The maximum Gasteiger partial charge on any atom is 0.220 e. The summed E-state index contributed by atoms with van der Waals surface area (Å²) in [4.78, 5) is 13.4. The van der Waals surface area contributed by atoms with Crippen LogP contribution in [0.4, 0.5) is 0 Å². The molecule has 3 saturated heterocycles. The van der Waals surface area contributed by atoms with Crippen LogP contribution in [-0.4, -0.2) is 193 Å². The van der Waals surface area contributed by atoms with Crippen molar-refractivity contribution >= 4 is 5.91 Å². The number of nitrogens with one attached hydrogen (secondary N) is 1. The topological polar surface area (TPSA) is 307 Å². The monoisotopic (exact) mass is 1390 g/mol. The van der Waals surface area contributed by atoms with E-state index in [0.29, 0.717) is 12.8 Å². The normalized spacial score (nSPS) is 27.6. The van der Waals surface area contributed by atoms with Crippen LogP contribution in [0, 0.1) is 0 Å². The molecule has 3 aliphatic rings. The highest BCUT2D eigenvalue weighted by Crippen LogP contribution is 2.33. The molecule has 19 heteroatoms. The van der Waals surface area contributed by atoms with Crippen LogP contribution in [-0.2, 0) is 33.2 Å². The van der Waals surface area contributed by atoms with Crippen LogP contribution < -0.4 is 5.32 Å². The molecule has 0 saturated carbocycles. The molecular weight excluding hydrogens is 1260 g/mol. The van der Waals surface area contributed by atoms with Gasteiger partial charge in [0, 0.05) is 6.42 Å². The standard InChI is InChI=1S/C80H127NO18/c1-3-5-7-9-11-13-15-17-18-19-20-21-22-23-24-25-26-27-28-29-30-31-32-33-34-35-36-37-38-39-40-41-42-43-44-46-48-50-52-54-56-58-68(86)81-63(64(85)57-55-53-51-49-47-45-16-14-12-10-8-6-4-2)62-94-78-74(92)71(89)76(66(60-83)96-78)99-80-75(93)72(90)77(67(61-84)97-80)98-79-73(91)70(88)69(87)65(59-82)95-79/h5,7,11,13,17-18,20-21,23-24,26-27,29-30,32-33,35-36,38-39,41-42,44,46-47,49,55,57,63-67,69-80,82-85,87-93H,3-4,6,8-10,12,14-16,19,22,25,28,31,34,37,40,43,45,48,50-54,56,58-62H2,1-2H3,(H,81,86)/b7-5-,13-11-,18-17-,21-20-,24-23-,27-26-,30-29-,33-32-,36-35-,39-38-,42-41-,46-44-,49-47+,57-55+. The second-order valence-electron chi connectivity index (χ2n) is 25.3. The van der Waals surface area contributed by atoms with Gasteiger partial charge >= 0.3 is 0 Å². The van der Waals surface area contributed by atoms with Crippen molar-refractivity contribution in [3.8, 4) is 0 Å². The first-order chi connectivity index (χ1) is 48.3. The number of carbonyl (C=O) groups is 1. The van der Waals surface area contributed by atoms with E-state index in [9.17, 15) is 61.0 Å². The Balaban J connectivity index is 1.36. The third kappa shape index (κ3) is 39.4. The fraction of sp³-hybridized carbons (Fsp3) is 0.637. The molecule has 0 aromatic rings. The lowest BCUT2D eigenvalue weighted by Crippen LogP contribution is -2.66. The van der Waals surface area contributed by atoms with Gasteiger partial charge in [-0.15, -0.1) is 0 Å². The summed E-state index contributed by atoms with van der Waals surface area (Å²) in [6.45, 7) is 1.53. The fourth-order valence-electron chi connectivity index (χ4n) is 11.1. The van der Waals surface area contributed by atoms with Crippen LogP contribution in [0.5, 0.6) is 0 Å². The van der Waals surface area contributed by atoms with Crippen LogP contribution in [0.25, 0.3) is 0 Å². The molecule has 0 bridgehead atoms. The largest absolute Gasteiger partial charge is 0.394 e. The zero-order valence-electron chi connectivity index (χ0n) is 59.4. The highest BCUT2D eigenvalue weighted by molar-refractivity contribution is 5.76. The van der Waals surface area contributed by atoms with Gasteiger partial charge in [-0.25, -0.2) is 0 Å². The molecule has 0 aliphatic carbocycles. The average Bonchev–Trinajstić information content (AvgIpc) is 0.785. The third-order valence-corrected chi connectivity index (χ3v) is 17.0. The Kier molecular flexibility index (Phi) is 52.3. The van der Waals surface area contributed by atoms with E-state index in [1.54, 1.807) is 6.08 Å². The predicted molar refractivity (Wildman–Crippen MR) is 392 cm³/mol. The number of ether oxygens (including phenoxy) is 6. The van der Waals surface area contributed by atoms with Gasteiger partial charge in [0.15, 0.2) is 18.9 Å². The number of carbonyl (C=O) groups excluding carboxylic acids is 1. The number of amides is 1. The van der Waals surface area contributed by atoms with Crippen LogP contribution in [0.1, 0.15) is 194 Å². The molecule has 99 heavy (non-hydrogen) atoms. The molecule has 1 amide bonds. The molecule has 12 N–H and O–H groups in total. The Labute approximate surface area is 592 Å². The van der Waals surface area contributed by atoms with Gasteiger partial charge in [-0.05, 0) is 122 Å². The maximum absolute atomic E-state index is 13.4. The lowest BCUT2D eigenvalue weighted by molar-refractivity contribution is -0.379. The molecule has 0 aromatic heterocycles. The quantitative estimate of drug-likeness (QED) is 0.0199. The highest BCUT2D eigenvalue weighted by Gasteiger charge is 2.53. The molecular formula is C80H127NO18. The minimum Gasteiger partial charge on any atom is -0.394 e. The van der Waals surface area contributed by atoms with Crippen molar-refractivity contribution in [3.05, 3.63) is 170 Å². The summed E-state index contributed by atoms with van der Waals surface area (Å²) in [5.74, 6) is -0.319. The molecule has 0 spiro atoms. The lowest BCUT2D eigenvalue weighted by atomic mass is 9.96. The fourth-order valence-corrected chi connectivity index (χ4v) is 11.1. The molecule has 17 atom stereocenters. The summed E-state index contributed by atoms with van der Waals surface area (Å²) >= 11 is 0. The lowest BCUT2D eigenvalue weighted by Gasteiger charge is -2.48. The van der Waals surface area contributed by atoms with Crippen LogP contribution in [0.3, 0.4) is 0 Å². The van der Waals surface area contributed by atoms with E-state index in [1.807, 2.05) is 6.08 Å². The van der Waals surface area contributed by atoms with Crippen LogP contribution in [0.2, 0.25) is 0 Å². The van der Waals surface area contributed by atoms with Gasteiger partial charge in [0.1, 0.15) is 73.2 Å². The molecule has 3 heterocycles. The minimum atomic E-state index is -1.99. The number of rotatable bonds is 54. The molecule has 19 nitrogen and oxygen atoms in total. The van der Waals surface area contributed by atoms with E-state index in [0.717, 1.165) is 122 Å². The summed E-state index contributed by atoms with van der Waals surface area (Å²) in [7, 11) is 0. The molecule has 0 radical (unpaired) electrons. The number of allylic oxidation sites excluding steroid dienone is 27. The van der Waals surface area contributed by atoms with Gasteiger partial charge in [0.05, 0.1) is 38.6 Å². The van der Waals surface area contributed by atoms with E-state index in [1.165, 1.54) is 38.5 Å². The zero-order chi connectivity index (χ0) is 71.8. The number of aliphatic hydroxyl groups excluding tert-OH is 11. The zero-order valence-corrected chi connectivity index (χ0v) is 59.4.